The minimum absolute atomic E-state index is 0.0901. The molecule has 0 bridgehead atoms. The van der Waals surface area contributed by atoms with Gasteiger partial charge in [-0.3, -0.25) is 0 Å². The first-order valence-corrected chi connectivity index (χ1v) is 5.45. The Morgan fingerprint density at radius 2 is 1.93 bits per heavy atom. The van der Waals surface area contributed by atoms with Crippen LogP contribution in [0.25, 0.3) is 0 Å². The Morgan fingerprint density at radius 1 is 1.33 bits per heavy atom. The number of benzene rings is 1. The van der Waals surface area contributed by atoms with E-state index < -0.39 is 0 Å². The molecule has 84 valence electrons. The number of aliphatic hydroxyl groups excluding tert-OH is 1. The fourth-order valence-electron chi connectivity index (χ4n) is 1.46. The maximum absolute atomic E-state index is 9.76. The maximum atomic E-state index is 9.76. The standard InChI is InChI=1S/C12H17ClO2/c1-9(15-2)7-12(14)8-10-3-5-11(13)6-4-10/h3-6,9,12,14H,7-8H2,1-2H3. The summed E-state index contributed by atoms with van der Waals surface area (Å²) < 4.78 is 5.10. The van der Waals surface area contributed by atoms with Crippen molar-refractivity contribution >= 4 is 11.6 Å². The van der Waals surface area contributed by atoms with E-state index >= 15 is 0 Å². The number of halogens is 1. The van der Waals surface area contributed by atoms with Gasteiger partial charge in [0, 0.05) is 12.1 Å². The van der Waals surface area contributed by atoms with Crippen molar-refractivity contribution in [2.75, 3.05) is 7.11 Å². The third kappa shape index (κ3) is 4.65. The molecule has 0 aliphatic rings. The van der Waals surface area contributed by atoms with Crippen molar-refractivity contribution in [1.82, 2.24) is 0 Å². The highest BCUT2D eigenvalue weighted by molar-refractivity contribution is 6.30. The van der Waals surface area contributed by atoms with E-state index in [4.69, 9.17) is 16.3 Å². The summed E-state index contributed by atoms with van der Waals surface area (Å²) >= 11 is 5.77. The molecular weight excluding hydrogens is 212 g/mol. The summed E-state index contributed by atoms with van der Waals surface area (Å²) in [5.74, 6) is 0. The third-order valence-electron chi connectivity index (χ3n) is 2.39. The van der Waals surface area contributed by atoms with Gasteiger partial charge in [-0.05, 0) is 37.5 Å². The van der Waals surface area contributed by atoms with Crippen LogP contribution >= 0.6 is 11.6 Å². The molecule has 0 radical (unpaired) electrons. The van der Waals surface area contributed by atoms with E-state index in [1.54, 1.807) is 7.11 Å². The van der Waals surface area contributed by atoms with E-state index in [1.807, 2.05) is 31.2 Å². The Labute approximate surface area is 95.8 Å². The van der Waals surface area contributed by atoms with Gasteiger partial charge in [0.25, 0.3) is 0 Å². The first-order chi connectivity index (χ1) is 7.11. The molecule has 0 spiro atoms. The molecule has 1 aromatic carbocycles. The van der Waals surface area contributed by atoms with E-state index in [2.05, 4.69) is 0 Å². The predicted octanol–water partition coefficient (Wildman–Crippen LogP) is 2.67. The van der Waals surface area contributed by atoms with Crippen molar-refractivity contribution in [2.45, 2.75) is 32.0 Å². The zero-order valence-electron chi connectivity index (χ0n) is 9.11. The Hall–Kier alpha value is -0.570. The zero-order chi connectivity index (χ0) is 11.3. The molecule has 3 heteroatoms. The maximum Gasteiger partial charge on any atom is 0.0605 e. The van der Waals surface area contributed by atoms with Crippen molar-refractivity contribution in [3.05, 3.63) is 34.9 Å². The van der Waals surface area contributed by atoms with Crippen LogP contribution in [0.1, 0.15) is 18.9 Å². The minimum atomic E-state index is -0.360. The summed E-state index contributed by atoms with van der Waals surface area (Å²) in [6.07, 6.45) is 1.03. The summed E-state index contributed by atoms with van der Waals surface area (Å²) in [5, 5.41) is 10.5. The molecule has 1 aromatic rings. The van der Waals surface area contributed by atoms with Gasteiger partial charge < -0.3 is 9.84 Å². The van der Waals surface area contributed by atoms with Crippen LogP contribution < -0.4 is 0 Å². The summed E-state index contributed by atoms with van der Waals surface area (Å²) in [7, 11) is 1.65. The molecule has 0 saturated carbocycles. The SMILES string of the molecule is COC(C)CC(O)Cc1ccc(Cl)cc1. The van der Waals surface area contributed by atoms with Gasteiger partial charge >= 0.3 is 0 Å². The van der Waals surface area contributed by atoms with E-state index in [0.29, 0.717) is 12.8 Å². The zero-order valence-corrected chi connectivity index (χ0v) is 9.87. The molecule has 2 nitrogen and oxygen atoms in total. The van der Waals surface area contributed by atoms with Crippen LogP contribution in [0.2, 0.25) is 5.02 Å². The van der Waals surface area contributed by atoms with Crippen LogP contribution in [0.5, 0.6) is 0 Å². The fraction of sp³-hybridized carbons (Fsp3) is 0.500. The highest BCUT2D eigenvalue weighted by atomic mass is 35.5. The molecule has 1 N–H and O–H groups in total. The molecule has 2 atom stereocenters. The van der Waals surface area contributed by atoms with Crippen molar-refractivity contribution in [3.63, 3.8) is 0 Å². The number of ether oxygens (including phenoxy) is 1. The molecule has 0 amide bonds. The lowest BCUT2D eigenvalue weighted by atomic mass is 10.0. The second kappa shape index (κ2) is 6.11. The summed E-state index contributed by atoms with van der Waals surface area (Å²) in [5.41, 5.74) is 1.09. The quantitative estimate of drug-likeness (QED) is 0.840. The smallest absolute Gasteiger partial charge is 0.0605 e. The van der Waals surface area contributed by atoms with E-state index in [-0.39, 0.29) is 12.2 Å². The lowest BCUT2D eigenvalue weighted by molar-refractivity contribution is 0.0565. The van der Waals surface area contributed by atoms with Crippen molar-refractivity contribution < 1.29 is 9.84 Å². The number of rotatable bonds is 5. The minimum Gasteiger partial charge on any atom is -0.393 e. The first kappa shape index (κ1) is 12.5. The molecule has 0 aromatic heterocycles. The normalized spacial score (nSPS) is 14.9. The Kier molecular flexibility index (Phi) is 5.09. The monoisotopic (exact) mass is 228 g/mol. The number of aliphatic hydroxyl groups is 1. The van der Waals surface area contributed by atoms with Gasteiger partial charge in [0.05, 0.1) is 12.2 Å². The van der Waals surface area contributed by atoms with Crippen LogP contribution in [0.4, 0.5) is 0 Å². The second-order valence-corrected chi connectivity index (χ2v) is 4.20. The van der Waals surface area contributed by atoms with Gasteiger partial charge in [0.15, 0.2) is 0 Å². The van der Waals surface area contributed by atoms with Gasteiger partial charge in [0.1, 0.15) is 0 Å². The highest BCUT2D eigenvalue weighted by Crippen LogP contribution is 2.13. The largest absolute Gasteiger partial charge is 0.393 e. The molecule has 0 aliphatic heterocycles. The second-order valence-electron chi connectivity index (χ2n) is 3.77. The third-order valence-corrected chi connectivity index (χ3v) is 2.64. The molecule has 0 saturated heterocycles. The number of methoxy groups -OCH3 is 1. The summed E-state index contributed by atoms with van der Waals surface area (Å²) in [6, 6.07) is 7.54. The van der Waals surface area contributed by atoms with Crippen molar-refractivity contribution in [1.29, 1.82) is 0 Å². The molecule has 1 rings (SSSR count). The van der Waals surface area contributed by atoms with Gasteiger partial charge in [-0.25, -0.2) is 0 Å². The van der Waals surface area contributed by atoms with Gasteiger partial charge in [0.2, 0.25) is 0 Å². The van der Waals surface area contributed by atoms with E-state index in [0.717, 1.165) is 10.6 Å². The van der Waals surface area contributed by atoms with Crippen LogP contribution in [-0.2, 0) is 11.2 Å². The Morgan fingerprint density at radius 3 is 2.47 bits per heavy atom. The highest BCUT2D eigenvalue weighted by Gasteiger charge is 2.10. The number of hydrogen-bond acceptors (Lipinski definition) is 2. The van der Waals surface area contributed by atoms with E-state index in [9.17, 15) is 5.11 Å². The summed E-state index contributed by atoms with van der Waals surface area (Å²) in [6.45, 7) is 1.95. The molecule has 0 heterocycles. The van der Waals surface area contributed by atoms with Crippen molar-refractivity contribution in [2.24, 2.45) is 0 Å². The molecule has 15 heavy (non-hydrogen) atoms. The summed E-state index contributed by atoms with van der Waals surface area (Å²) in [4.78, 5) is 0. The molecule has 0 fully saturated rings. The van der Waals surface area contributed by atoms with Crippen molar-refractivity contribution in [3.8, 4) is 0 Å². The van der Waals surface area contributed by atoms with Crippen LogP contribution in [0, 0.1) is 0 Å². The molecule has 0 aliphatic carbocycles. The fourth-order valence-corrected chi connectivity index (χ4v) is 1.58. The predicted molar refractivity (Wildman–Crippen MR) is 62.3 cm³/mol. The lowest BCUT2D eigenvalue weighted by Gasteiger charge is -2.15. The van der Waals surface area contributed by atoms with Gasteiger partial charge in [-0.2, -0.15) is 0 Å². The average Bonchev–Trinajstić information content (AvgIpc) is 2.21. The average molecular weight is 229 g/mol. The molecule has 2 unspecified atom stereocenters. The van der Waals surface area contributed by atoms with Crippen LogP contribution in [-0.4, -0.2) is 24.4 Å². The molecular formula is C12H17ClO2. The lowest BCUT2D eigenvalue weighted by Crippen LogP contribution is -2.18. The Balaban J connectivity index is 2.44. The Bertz CT molecular complexity index is 284. The van der Waals surface area contributed by atoms with Crippen LogP contribution in [0.15, 0.2) is 24.3 Å². The van der Waals surface area contributed by atoms with E-state index in [1.165, 1.54) is 0 Å². The van der Waals surface area contributed by atoms with Gasteiger partial charge in [-0.1, -0.05) is 23.7 Å². The number of hydrogen-bond donors (Lipinski definition) is 1. The van der Waals surface area contributed by atoms with Crippen LogP contribution in [0.3, 0.4) is 0 Å². The topological polar surface area (TPSA) is 29.5 Å². The first-order valence-electron chi connectivity index (χ1n) is 5.07. The van der Waals surface area contributed by atoms with Gasteiger partial charge in [-0.15, -0.1) is 0 Å².